The molecule has 0 unspecified atom stereocenters. The molecule has 0 aliphatic carbocycles. The van der Waals surface area contributed by atoms with Crippen LogP contribution in [-0.4, -0.2) is 17.3 Å². The second kappa shape index (κ2) is 3.26. The molecule has 1 radical (unpaired) electrons. The van der Waals surface area contributed by atoms with E-state index in [0.717, 1.165) is 11.3 Å². The van der Waals surface area contributed by atoms with E-state index < -0.39 is 0 Å². The van der Waals surface area contributed by atoms with Crippen molar-refractivity contribution in [1.82, 2.24) is 10.1 Å². The standard InChI is InChI=1S/C9H7N2O2/c1-12-8-4-2-3-7(5-8)9-10-6-13-11-9/h2-5H,1H3. The van der Waals surface area contributed by atoms with E-state index in [1.807, 2.05) is 24.3 Å². The van der Waals surface area contributed by atoms with Gasteiger partial charge in [0.1, 0.15) is 5.75 Å². The molecule has 13 heavy (non-hydrogen) atoms. The lowest BCUT2D eigenvalue weighted by Gasteiger charge is -1.99. The van der Waals surface area contributed by atoms with Gasteiger partial charge in [0.05, 0.1) is 7.11 Å². The SMILES string of the molecule is COc1cccc(-c2n[c]on2)c1. The number of methoxy groups -OCH3 is 1. The predicted octanol–water partition coefficient (Wildman–Crippen LogP) is 1.55. The number of nitrogens with zero attached hydrogens (tertiary/aromatic N) is 2. The number of hydrogen-bond acceptors (Lipinski definition) is 4. The van der Waals surface area contributed by atoms with E-state index in [4.69, 9.17) is 4.74 Å². The molecule has 65 valence electrons. The zero-order valence-electron chi connectivity index (χ0n) is 7.02. The summed E-state index contributed by atoms with van der Waals surface area (Å²) in [6, 6.07) is 7.43. The van der Waals surface area contributed by atoms with Crippen molar-refractivity contribution in [2.75, 3.05) is 7.11 Å². The zero-order valence-corrected chi connectivity index (χ0v) is 7.02. The van der Waals surface area contributed by atoms with E-state index >= 15 is 0 Å². The predicted molar refractivity (Wildman–Crippen MR) is 45.1 cm³/mol. The van der Waals surface area contributed by atoms with Crippen molar-refractivity contribution in [2.24, 2.45) is 0 Å². The van der Waals surface area contributed by atoms with E-state index in [-0.39, 0.29) is 0 Å². The molecule has 0 N–H and O–H groups in total. The summed E-state index contributed by atoms with van der Waals surface area (Å²) in [5.41, 5.74) is 0.851. The first-order chi connectivity index (χ1) is 6.40. The highest BCUT2D eigenvalue weighted by Gasteiger charge is 2.03. The normalized spacial score (nSPS) is 9.92. The van der Waals surface area contributed by atoms with Crippen molar-refractivity contribution in [3.8, 4) is 17.1 Å². The zero-order chi connectivity index (χ0) is 9.10. The van der Waals surface area contributed by atoms with Gasteiger partial charge in [-0.1, -0.05) is 17.3 Å². The van der Waals surface area contributed by atoms with E-state index in [1.54, 1.807) is 7.11 Å². The maximum atomic E-state index is 5.06. The van der Waals surface area contributed by atoms with Gasteiger partial charge in [0.15, 0.2) is 0 Å². The number of benzene rings is 1. The third-order valence-corrected chi connectivity index (χ3v) is 1.65. The summed E-state index contributed by atoms with van der Waals surface area (Å²) in [4.78, 5) is 3.80. The minimum absolute atomic E-state index is 0.513. The molecule has 0 fully saturated rings. The Morgan fingerprint density at radius 1 is 1.46 bits per heavy atom. The van der Waals surface area contributed by atoms with E-state index in [9.17, 15) is 0 Å². The maximum Gasteiger partial charge on any atom is 0.316 e. The average molecular weight is 175 g/mol. The van der Waals surface area contributed by atoms with E-state index in [2.05, 4.69) is 21.1 Å². The van der Waals surface area contributed by atoms with Gasteiger partial charge in [-0.15, -0.1) is 0 Å². The fourth-order valence-electron chi connectivity index (χ4n) is 1.03. The lowest BCUT2D eigenvalue weighted by atomic mass is 10.2. The summed E-state index contributed by atoms with van der Waals surface area (Å²) in [5.74, 6) is 1.28. The summed E-state index contributed by atoms with van der Waals surface area (Å²) < 4.78 is 9.57. The molecule has 1 aromatic carbocycles. The lowest BCUT2D eigenvalue weighted by Crippen LogP contribution is -1.84. The highest BCUT2D eigenvalue weighted by atomic mass is 16.5. The van der Waals surface area contributed by atoms with Crippen LogP contribution in [-0.2, 0) is 0 Å². The first-order valence-electron chi connectivity index (χ1n) is 3.74. The Balaban J connectivity index is 2.41. The molecule has 0 saturated heterocycles. The molecule has 4 nitrogen and oxygen atoms in total. The van der Waals surface area contributed by atoms with Gasteiger partial charge in [0.25, 0.3) is 0 Å². The summed E-state index contributed by atoms with van der Waals surface area (Å²) in [7, 11) is 1.61. The van der Waals surface area contributed by atoms with Crippen LogP contribution in [0.15, 0.2) is 28.8 Å². The minimum atomic E-state index is 0.513. The molecule has 0 aliphatic heterocycles. The molecule has 0 spiro atoms. The summed E-state index contributed by atoms with van der Waals surface area (Å²) in [6.07, 6.45) is 2.29. The maximum absolute atomic E-state index is 5.06. The Kier molecular flexibility index (Phi) is 1.96. The number of ether oxygens (including phenoxy) is 1. The first-order valence-corrected chi connectivity index (χ1v) is 3.74. The molecule has 0 atom stereocenters. The Bertz CT molecular complexity index is 384. The van der Waals surface area contributed by atoms with Crippen molar-refractivity contribution in [2.45, 2.75) is 0 Å². The molecule has 4 heteroatoms. The van der Waals surface area contributed by atoms with Gasteiger partial charge in [0.2, 0.25) is 5.82 Å². The molecule has 1 aromatic heterocycles. The van der Waals surface area contributed by atoms with Gasteiger partial charge in [-0.3, -0.25) is 0 Å². The molecule has 0 bridgehead atoms. The molecule has 0 saturated carbocycles. The van der Waals surface area contributed by atoms with Crippen molar-refractivity contribution in [3.05, 3.63) is 30.7 Å². The van der Waals surface area contributed by atoms with Gasteiger partial charge >= 0.3 is 6.39 Å². The van der Waals surface area contributed by atoms with Crippen LogP contribution < -0.4 is 4.74 Å². The third kappa shape index (κ3) is 1.51. The fourth-order valence-corrected chi connectivity index (χ4v) is 1.03. The second-order valence-electron chi connectivity index (χ2n) is 2.44. The lowest BCUT2D eigenvalue weighted by molar-refractivity contribution is 0.410. The fraction of sp³-hybridized carbons (Fsp3) is 0.111. The third-order valence-electron chi connectivity index (χ3n) is 1.65. The molecular weight excluding hydrogens is 168 g/mol. The van der Waals surface area contributed by atoms with Crippen molar-refractivity contribution in [3.63, 3.8) is 0 Å². The van der Waals surface area contributed by atoms with Crippen LogP contribution in [0.5, 0.6) is 5.75 Å². The first kappa shape index (κ1) is 7.79. The van der Waals surface area contributed by atoms with Crippen LogP contribution in [0.2, 0.25) is 0 Å². The van der Waals surface area contributed by atoms with Gasteiger partial charge in [-0.2, -0.15) is 4.98 Å². The topological polar surface area (TPSA) is 48.2 Å². The number of rotatable bonds is 2. The molecule has 1 heterocycles. The highest BCUT2D eigenvalue weighted by Crippen LogP contribution is 2.19. The Hall–Kier alpha value is -1.84. The van der Waals surface area contributed by atoms with Crippen LogP contribution in [0.25, 0.3) is 11.4 Å². The summed E-state index contributed by atoms with van der Waals surface area (Å²) in [5, 5.41) is 3.66. The monoisotopic (exact) mass is 175 g/mol. The smallest absolute Gasteiger partial charge is 0.316 e. The largest absolute Gasteiger partial charge is 0.497 e. The van der Waals surface area contributed by atoms with Crippen molar-refractivity contribution >= 4 is 0 Å². The van der Waals surface area contributed by atoms with Crippen LogP contribution in [0.4, 0.5) is 0 Å². The van der Waals surface area contributed by atoms with Gasteiger partial charge in [-0.05, 0) is 12.1 Å². The highest BCUT2D eigenvalue weighted by molar-refractivity contribution is 5.56. The van der Waals surface area contributed by atoms with E-state index in [0.29, 0.717) is 5.82 Å². The second-order valence-corrected chi connectivity index (χ2v) is 2.44. The molecule has 0 aliphatic rings. The Labute approximate surface area is 75.2 Å². The van der Waals surface area contributed by atoms with Crippen LogP contribution in [0.3, 0.4) is 0 Å². The summed E-state index contributed by atoms with van der Waals surface area (Å²) in [6.45, 7) is 0. The van der Waals surface area contributed by atoms with Gasteiger partial charge in [-0.25, -0.2) is 0 Å². The van der Waals surface area contributed by atoms with Gasteiger partial charge < -0.3 is 9.26 Å². The van der Waals surface area contributed by atoms with E-state index in [1.165, 1.54) is 0 Å². The number of aromatic nitrogens is 2. The molecular formula is C9H7N2O2. The molecule has 0 amide bonds. The van der Waals surface area contributed by atoms with Crippen molar-refractivity contribution < 1.29 is 9.26 Å². The van der Waals surface area contributed by atoms with Crippen LogP contribution >= 0.6 is 0 Å². The quantitative estimate of drug-likeness (QED) is 0.694. The minimum Gasteiger partial charge on any atom is -0.497 e. The van der Waals surface area contributed by atoms with Gasteiger partial charge in [0, 0.05) is 5.56 Å². The molecule has 2 rings (SSSR count). The Morgan fingerprint density at radius 3 is 3.08 bits per heavy atom. The number of hydrogen-bond donors (Lipinski definition) is 0. The average Bonchev–Trinajstić information content (AvgIpc) is 2.71. The summed E-state index contributed by atoms with van der Waals surface area (Å²) >= 11 is 0. The van der Waals surface area contributed by atoms with Crippen LogP contribution in [0, 0.1) is 6.39 Å². The van der Waals surface area contributed by atoms with Crippen molar-refractivity contribution in [1.29, 1.82) is 0 Å². The van der Waals surface area contributed by atoms with Crippen LogP contribution in [0.1, 0.15) is 0 Å². The Morgan fingerprint density at radius 2 is 2.38 bits per heavy atom. The molecule has 2 aromatic rings.